The maximum absolute atomic E-state index is 12.6. The Morgan fingerprint density at radius 1 is 1.12 bits per heavy atom. The minimum Gasteiger partial charge on any atom is -0.457 e. The van der Waals surface area contributed by atoms with Crippen molar-refractivity contribution in [2.75, 3.05) is 0 Å². The highest BCUT2D eigenvalue weighted by Crippen LogP contribution is 2.33. The van der Waals surface area contributed by atoms with Gasteiger partial charge in [-0.15, -0.1) is 0 Å². The summed E-state index contributed by atoms with van der Waals surface area (Å²) in [6.45, 7) is 0. The second-order valence-electron chi connectivity index (χ2n) is 7.19. The lowest BCUT2D eigenvalue weighted by Gasteiger charge is -2.24. The number of hydrogen-bond donors (Lipinski definition) is 1. The molecule has 3 aromatic rings. The van der Waals surface area contributed by atoms with Gasteiger partial charge in [0.25, 0.3) is 11.6 Å². The smallest absolute Gasteiger partial charge is 0.283 e. The number of non-ortho nitro benzene ring substituents is 1. The monoisotopic (exact) mass is 489 g/mol. The van der Waals surface area contributed by atoms with E-state index in [1.165, 1.54) is 30.0 Å². The van der Waals surface area contributed by atoms with Gasteiger partial charge in [-0.1, -0.05) is 42.1 Å². The van der Waals surface area contributed by atoms with E-state index in [2.05, 4.69) is 9.39 Å². The number of nitro benzene ring substituents is 1. The van der Waals surface area contributed by atoms with Crippen LogP contribution in [0.3, 0.4) is 0 Å². The van der Waals surface area contributed by atoms with Gasteiger partial charge in [-0.25, -0.2) is 4.90 Å². The highest BCUT2D eigenvalue weighted by atomic mass is 32.2. The quantitative estimate of drug-likeness (QED) is 0.221. The van der Waals surface area contributed by atoms with Gasteiger partial charge in [0.15, 0.2) is 5.17 Å². The summed E-state index contributed by atoms with van der Waals surface area (Å²) in [5.41, 5.74) is 1.85. The topological polar surface area (TPSA) is 125 Å². The Kier molecular flexibility index (Phi) is 5.86. The number of amidine groups is 3. The summed E-state index contributed by atoms with van der Waals surface area (Å²) in [5.74, 6) is 0.954. The molecule has 11 heteroatoms. The Bertz CT molecular complexity index is 1390. The molecule has 5 rings (SSSR count). The van der Waals surface area contributed by atoms with Crippen molar-refractivity contribution in [3.05, 3.63) is 93.7 Å². The van der Waals surface area contributed by atoms with Gasteiger partial charge < -0.3 is 4.42 Å². The third-order valence-corrected chi connectivity index (χ3v) is 6.81. The Morgan fingerprint density at radius 2 is 1.88 bits per heavy atom. The Labute approximate surface area is 202 Å². The number of rotatable bonds is 5. The zero-order chi connectivity index (χ0) is 23.7. The van der Waals surface area contributed by atoms with E-state index < -0.39 is 10.8 Å². The van der Waals surface area contributed by atoms with Crippen molar-refractivity contribution in [2.24, 2.45) is 9.39 Å². The molecule has 0 unspecified atom stereocenters. The third-order valence-electron chi connectivity index (χ3n) is 4.98. The molecule has 0 aliphatic carbocycles. The van der Waals surface area contributed by atoms with Crippen LogP contribution in [0.15, 0.2) is 86.1 Å². The normalized spacial score (nSPS) is 16.5. The van der Waals surface area contributed by atoms with Crippen molar-refractivity contribution in [1.29, 1.82) is 5.41 Å². The molecule has 0 fully saturated rings. The molecule has 0 saturated carbocycles. The number of carbonyl (C=O) groups is 1. The second kappa shape index (κ2) is 9.12. The summed E-state index contributed by atoms with van der Waals surface area (Å²) < 4.78 is 10.2. The van der Waals surface area contributed by atoms with Gasteiger partial charge in [0, 0.05) is 23.4 Å². The van der Waals surface area contributed by atoms with Gasteiger partial charge in [-0.2, -0.15) is 9.39 Å². The molecule has 1 N–H and O–H groups in total. The molecule has 0 spiro atoms. The van der Waals surface area contributed by atoms with Crippen molar-refractivity contribution in [3.63, 3.8) is 0 Å². The maximum atomic E-state index is 12.6. The molecule has 34 heavy (non-hydrogen) atoms. The molecule has 1 aromatic heterocycles. The van der Waals surface area contributed by atoms with E-state index in [-0.39, 0.29) is 17.1 Å². The summed E-state index contributed by atoms with van der Waals surface area (Å²) >= 11 is 2.54. The fraction of sp³-hybridized carbons (Fsp3) is 0.0435. The van der Waals surface area contributed by atoms with Crippen molar-refractivity contribution >= 4 is 57.6 Å². The maximum Gasteiger partial charge on any atom is 0.283 e. The predicted molar refractivity (Wildman–Crippen MR) is 134 cm³/mol. The molecule has 2 aliphatic rings. The fourth-order valence-electron chi connectivity index (χ4n) is 3.29. The van der Waals surface area contributed by atoms with E-state index in [4.69, 9.17) is 9.83 Å². The average molecular weight is 490 g/mol. The fourth-order valence-corrected chi connectivity index (χ4v) is 5.09. The van der Waals surface area contributed by atoms with Crippen molar-refractivity contribution in [3.8, 4) is 11.3 Å². The lowest BCUT2D eigenvalue weighted by molar-refractivity contribution is -0.384. The number of aliphatic imine (C=N–C) groups is 1. The van der Waals surface area contributed by atoms with Gasteiger partial charge >= 0.3 is 0 Å². The summed E-state index contributed by atoms with van der Waals surface area (Å²) in [4.78, 5) is 28.6. The summed E-state index contributed by atoms with van der Waals surface area (Å²) in [6, 6.07) is 19.2. The van der Waals surface area contributed by atoms with Crippen molar-refractivity contribution in [1.82, 2.24) is 4.90 Å². The number of fused-ring (bicyclic) bond motifs is 1. The Balaban J connectivity index is 1.36. The number of amides is 1. The predicted octanol–water partition coefficient (Wildman–Crippen LogP) is 5.36. The van der Waals surface area contributed by atoms with Crippen LogP contribution in [0.2, 0.25) is 0 Å². The number of furan rings is 1. The van der Waals surface area contributed by atoms with Crippen LogP contribution in [0, 0.1) is 15.5 Å². The number of hydrogen-bond acceptors (Lipinski definition) is 8. The second-order valence-corrected chi connectivity index (χ2v) is 8.86. The van der Waals surface area contributed by atoms with Gasteiger partial charge in [-0.05, 0) is 35.9 Å². The number of nitro groups is 1. The largest absolute Gasteiger partial charge is 0.457 e. The first-order valence-electron chi connectivity index (χ1n) is 10.00. The van der Waals surface area contributed by atoms with Crippen molar-refractivity contribution < 1.29 is 14.1 Å². The van der Waals surface area contributed by atoms with E-state index >= 15 is 0 Å². The SMILES string of the molecule is N=C1/C(=C\c2ccc(-c3ccc([N+](=O)[O-])cc3)o2)C(=O)N=C2SN=C(SCc3ccccc3)N12. The van der Waals surface area contributed by atoms with Crippen LogP contribution in [0.4, 0.5) is 5.69 Å². The summed E-state index contributed by atoms with van der Waals surface area (Å²) in [7, 11) is 0. The summed E-state index contributed by atoms with van der Waals surface area (Å²) in [6.07, 6.45) is 1.47. The first kappa shape index (κ1) is 21.9. The van der Waals surface area contributed by atoms with E-state index in [0.717, 1.165) is 17.5 Å². The first-order valence-corrected chi connectivity index (χ1v) is 11.8. The van der Waals surface area contributed by atoms with Crippen LogP contribution in [0.25, 0.3) is 17.4 Å². The lowest BCUT2D eigenvalue weighted by Crippen LogP contribution is -2.41. The highest BCUT2D eigenvalue weighted by molar-refractivity contribution is 8.18. The van der Waals surface area contributed by atoms with Crippen LogP contribution in [-0.4, -0.2) is 31.9 Å². The minimum absolute atomic E-state index is 0.0151. The van der Waals surface area contributed by atoms with Crippen LogP contribution in [-0.2, 0) is 10.5 Å². The molecule has 1 amide bonds. The van der Waals surface area contributed by atoms with E-state index in [1.54, 1.807) is 29.2 Å². The number of nitrogens with zero attached hydrogens (tertiary/aromatic N) is 4. The van der Waals surface area contributed by atoms with Gasteiger partial charge in [0.05, 0.1) is 22.4 Å². The van der Waals surface area contributed by atoms with Gasteiger partial charge in [-0.3, -0.25) is 20.3 Å². The van der Waals surface area contributed by atoms with Gasteiger partial charge in [0.2, 0.25) is 5.17 Å². The minimum atomic E-state index is -0.540. The molecular formula is C23H15N5O4S2. The molecule has 2 aliphatic heterocycles. The Morgan fingerprint density at radius 3 is 2.62 bits per heavy atom. The molecule has 2 aromatic carbocycles. The van der Waals surface area contributed by atoms with E-state index in [0.29, 0.717) is 33.2 Å². The lowest BCUT2D eigenvalue weighted by atomic mass is 10.1. The molecule has 0 saturated heterocycles. The molecule has 9 nitrogen and oxygen atoms in total. The van der Waals surface area contributed by atoms with Crippen LogP contribution in [0.5, 0.6) is 0 Å². The first-order chi connectivity index (χ1) is 16.5. The molecule has 0 atom stereocenters. The van der Waals surface area contributed by atoms with E-state index in [1.807, 2.05) is 30.3 Å². The zero-order valence-corrected chi connectivity index (χ0v) is 19.0. The molecule has 0 bridgehead atoms. The van der Waals surface area contributed by atoms with Crippen LogP contribution < -0.4 is 0 Å². The van der Waals surface area contributed by atoms with Crippen LogP contribution >= 0.6 is 23.7 Å². The molecular weight excluding hydrogens is 474 g/mol. The molecule has 168 valence electrons. The molecule has 3 heterocycles. The van der Waals surface area contributed by atoms with Crippen molar-refractivity contribution in [2.45, 2.75) is 5.75 Å². The van der Waals surface area contributed by atoms with Crippen LogP contribution in [0.1, 0.15) is 11.3 Å². The third kappa shape index (κ3) is 4.30. The average Bonchev–Trinajstić information content (AvgIpc) is 3.48. The standard InChI is InChI=1S/C23H15N5O4S2/c24-20-18(12-17-10-11-19(32-17)15-6-8-16(9-7-15)28(30)31)21(29)25-22-27(20)23(26-34-22)33-13-14-4-2-1-3-5-14/h1-12,24H,13H2/b18-12+,24-20?. The summed E-state index contributed by atoms with van der Waals surface area (Å²) in [5, 5.41) is 20.4. The number of nitrogens with one attached hydrogen (secondary N) is 1. The Hall–Kier alpha value is -3.96. The number of thioether (sulfide) groups is 1. The van der Waals surface area contributed by atoms with E-state index in [9.17, 15) is 14.9 Å². The van der Waals surface area contributed by atoms with Gasteiger partial charge in [0.1, 0.15) is 17.4 Å². The zero-order valence-electron chi connectivity index (χ0n) is 17.4. The number of carbonyl (C=O) groups excluding carboxylic acids is 1. The number of benzene rings is 2. The molecule has 0 radical (unpaired) electrons. The highest BCUT2D eigenvalue weighted by Gasteiger charge is 2.37.